The van der Waals surface area contributed by atoms with Gasteiger partial charge < -0.3 is 15.4 Å². The number of methoxy groups -OCH3 is 1. The summed E-state index contributed by atoms with van der Waals surface area (Å²) >= 11 is 0. The maximum absolute atomic E-state index is 13.5. The standard InChI is InChI=1S/C31H34N6O3/c1-20-14-21(2)37(35-20)24-9-6-8-22(15-24)26-19-33-28-16-23(11-13-36(26)28)30(39)34-27(17-29(38)32-4)31(3)12-7-10-25(18-31)40-5/h6-11,13-16,18-19,27H,12,17H2,1-5H3,(H,32,38)(H,34,39)/t27-,31?/m0/s1. The van der Waals surface area contributed by atoms with Gasteiger partial charge >= 0.3 is 0 Å². The number of allylic oxidation sites excluding steroid dienone is 2. The normalized spacial score (nSPS) is 17.4. The van der Waals surface area contributed by atoms with Crippen molar-refractivity contribution in [1.82, 2.24) is 29.8 Å². The third kappa shape index (κ3) is 5.27. The molecule has 2 N–H and O–H groups in total. The number of pyridine rings is 1. The predicted molar refractivity (Wildman–Crippen MR) is 154 cm³/mol. The molecular formula is C31H34N6O3. The largest absolute Gasteiger partial charge is 0.497 e. The first-order valence-corrected chi connectivity index (χ1v) is 13.3. The fourth-order valence-corrected chi connectivity index (χ4v) is 5.23. The van der Waals surface area contributed by atoms with Gasteiger partial charge in [-0.1, -0.05) is 25.1 Å². The van der Waals surface area contributed by atoms with E-state index in [0.717, 1.165) is 28.3 Å². The molecule has 3 heterocycles. The monoisotopic (exact) mass is 538 g/mol. The van der Waals surface area contributed by atoms with Crippen LogP contribution in [0.4, 0.5) is 0 Å². The Morgan fingerprint density at radius 2 is 2.00 bits per heavy atom. The zero-order valence-electron chi connectivity index (χ0n) is 23.4. The first kappa shape index (κ1) is 26.9. The summed E-state index contributed by atoms with van der Waals surface area (Å²) in [4.78, 5) is 30.4. The lowest BCUT2D eigenvalue weighted by atomic mass is 9.75. The lowest BCUT2D eigenvalue weighted by molar-refractivity contribution is -0.121. The summed E-state index contributed by atoms with van der Waals surface area (Å²) in [6.45, 7) is 6.03. The molecule has 2 amide bonds. The zero-order valence-corrected chi connectivity index (χ0v) is 23.4. The second kappa shape index (κ2) is 10.8. The number of hydrogen-bond donors (Lipinski definition) is 2. The first-order valence-electron chi connectivity index (χ1n) is 13.3. The number of nitrogens with zero attached hydrogens (tertiary/aromatic N) is 4. The number of carbonyl (C=O) groups is 2. The average molecular weight is 539 g/mol. The number of aryl methyl sites for hydroxylation is 2. The molecule has 40 heavy (non-hydrogen) atoms. The zero-order chi connectivity index (χ0) is 28.4. The highest BCUT2D eigenvalue weighted by atomic mass is 16.5. The number of fused-ring (bicyclic) bond motifs is 1. The van der Waals surface area contributed by atoms with Gasteiger partial charge in [0.15, 0.2) is 0 Å². The Kier molecular flexibility index (Phi) is 7.30. The van der Waals surface area contributed by atoms with E-state index in [1.165, 1.54) is 0 Å². The smallest absolute Gasteiger partial charge is 0.251 e. The number of imidazole rings is 1. The van der Waals surface area contributed by atoms with Crippen LogP contribution in [-0.2, 0) is 9.53 Å². The molecule has 1 aliphatic rings. The Morgan fingerprint density at radius 3 is 2.73 bits per heavy atom. The maximum Gasteiger partial charge on any atom is 0.251 e. The molecule has 206 valence electrons. The molecule has 1 aliphatic carbocycles. The van der Waals surface area contributed by atoms with E-state index in [1.807, 2.05) is 78.5 Å². The Morgan fingerprint density at radius 1 is 1.18 bits per heavy atom. The Bertz CT molecular complexity index is 1650. The fraction of sp³-hybridized carbons (Fsp3) is 0.290. The molecule has 4 aromatic rings. The van der Waals surface area contributed by atoms with Crippen molar-refractivity contribution in [3.63, 3.8) is 0 Å². The molecule has 0 fully saturated rings. The van der Waals surface area contributed by atoms with E-state index in [9.17, 15) is 9.59 Å². The molecule has 0 aliphatic heterocycles. The van der Waals surface area contributed by atoms with Crippen molar-refractivity contribution in [2.24, 2.45) is 5.41 Å². The van der Waals surface area contributed by atoms with Gasteiger partial charge in [0.2, 0.25) is 5.91 Å². The van der Waals surface area contributed by atoms with Crippen molar-refractivity contribution in [2.75, 3.05) is 14.2 Å². The number of nitrogens with one attached hydrogen (secondary N) is 2. The van der Waals surface area contributed by atoms with Crippen molar-refractivity contribution in [2.45, 2.75) is 39.7 Å². The summed E-state index contributed by atoms with van der Waals surface area (Å²) in [6, 6.07) is 13.3. The first-order chi connectivity index (χ1) is 19.2. The number of carbonyl (C=O) groups excluding carboxylic acids is 2. The van der Waals surface area contributed by atoms with Crippen LogP contribution in [0.1, 0.15) is 41.5 Å². The summed E-state index contributed by atoms with van der Waals surface area (Å²) < 4.78 is 9.31. The highest BCUT2D eigenvalue weighted by Crippen LogP contribution is 2.35. The van der Waals surface area contributed by atoms with Crippen LogP contribution in [-0.4, -0.2) is 51.2 Å². The second-order valence-corrected chi connectivity index (χ2v) is 10.4. The summed E-state index contributed by atoms with van der Waals surface area (Å²) in [5.74, 6) is 0.290. The summed E-state index contributed by atoms with van der Waals surface area (Å²) in [6.07, 6.45) is 10.3. The van der Waals surface area contributed by atoms with Crippen molar-refractivity contribution in [3.05, 3.63) is 95.8 Å². The molecule has 5 rings (SSSR count). The number of ether oxygens (including phenoxy) is 1. The maximum atomic E-state index is 13.5. The number of rotatable bonds is 8. The lowest BCUT2D eigenvalue weighted by Gasteiger charge is -2.36. The highest BCUT2D eigenvalue weighted by molar-refractivity contribution is 5.95. The molecular weight excluding hydrogens is 504 g/mol. The third-order valence-electron chi connectivity index (χ3n) is 7.49. The Hall–Kier alpha value is -4.66. The average Bonchev–Trinajstić information content (AvgIpc) is 3.54. The quantitative estimate of drug-likeness (QED) is 0.343. The molecule has 1 aromatic carbocycles. The van der Waals surface area contributed by atoms with Crippen molar-refractivity contribution >= 4 is 17.5 Å². The molecule has 0 bridgehead atoms. The summed E-state index contributed by atoms with van der Waals surface area (Å²) in [5.41, 5.74) is 5.50. The van der Waals surface area contributed by atoms with Gasteiger partial charge in [0.25, 0.3) is 5.91 Å². The Labute approximate surface area is 233 Å². The van der Waals surface area contributed by atoms with E-state index in [-0.39, 0.29) is 18.2 Å². The number of aromatic nitrogens is 4. The van der Waals surface area contributed by atoms with Gasteiger partial charge in [-0.05, 0) is 62.8 Å². The molecule has 1 unspecified atom stereocenters. The van der Waals surface area contributed by atoms with Crippen LogP contribution < -0.4 is 10.6 Å². The molecule has 3 aromatic heterocycles. The minimum absolute atomic E-state index is 0.140. The number of hydrogen-bond acceptors (Lipinski definition) is 5. The highest BCUT2D eigenvalue weighted by Gasteiger charge is 2.36. The number of amides is 2. The van der Waals surface area contributed by atoms with Crippen LogP contribution in [0.3, 0.4) is 0 Å². The van der Waals surface area contributed by atoms with Gasteiger partial charge in [0.05, 0.1) is 30.4 Å². The third-order valence-corrected chi connectivity index (χ3v) is 7.49. The molecule has 0 radical (unpaired) electrons. The molecule has 0 spiro atoms. The minimum Gasteiger partial charge on any atom is -0.497 e. The van der Waals surface area contributed by atoms with E-state index in [0.29, 0.717) is 23.4 Å². The van der Waals surface area contributed by atoms with Gasteiger partial charge in [-0.3, -0.25) is 14.0 Å². The predicted octanol–water partition coefficient (Wildman–Crippen LogP) is 4.53. The van der Waals surface area contributed by atoms with Gasteiger partial charge in [-0.2, -0.15) is 5.10 Å². The molecule has 0 saturated heterocycles. The number of benzene rings is 1. The van der Waals surface area contributed by atoms with Crippen molar-refractivity contribution < 1.29 is 14.3 Å². The van der Waals surface area contributed by atoms with Crippen molar-refractivity contribution in [3.8, 4) is 16.9 Å². The molecule has 9 nitrogen and oxygen atoms in total. The van der Waals surface area contributed by atoms with Gasteiger partial charge in [0.1, 0.15) is 11.4 Å². The molecule has 0 saturated carbocycles. The van der Waals surface area contributed by atoms with Crippen LogP contribution in [0.5, 0.6) is 0 Å². The van der Waals surface area contributed by atoms with Gasteiger partial charge in [0, 0.05) is 47.9 Å². The van der Waals surface area contributed by atoms with Crippen LogP contribution in [0.15, 0.2) is 78.8 Å². The van der Waals surface area contributed by atoms with Crippen LogP contribution >= 0.6 is 0 Å². The van der Waals surface area contributed by atoms with Gasteiger partial charge in [-0.15, -0.1) is 0 Å². The summed E-state index contributed by atoms with van der Waals surface area (Å²) in [5, 5.41) is 10.4. The van der Waals surface area contributed by atoms with E-state index in [4.69, 9.17) is 4.74 Å². The minimum atomic E-state index is -0.497. The topological polar surface area (TPSA) is 103 Å². The summed E-state index contributed by atoms with van der Waals surface area (Å²) in [7, 11) is 3.20. The van der Waals surface area contributed by atoms with E-state index in [2.05, 4.69) is 26.8 Å². The SMILES string of the molecule is CNC(=O)C[C@H](NC(=O)c1ccn2c(-c3cccc(-n4nc(C)cc4C)c3)cnc2c1)C1(C)C=C(OC)C=CC1. The molecule has 2 atom stereocenters. The van der Waals surface area contributed by atoms with Crippen LogP contribution in [0.2, 0.25) is 0 Å². The Balaban J connectivity index is 1.42. The fourth-order valence-electron chi connectivity index (χ4n) is 5.23. The molecule has 9 heteroatoms. The lowest BCUT2D eigenvalue weighted by Crippen LogP contribution is -2.48. The van der Waals surface area contributed by atoms with E-state index < -0.39 is 11.5 Å². The van der Waals surface area contributed by atoms with E-state index in [1.54, 1.807) is 32.5 Å². The van der Waals surface area contributed by atoms with Crippen molar-refractivity contribution in [1.29, 1.82) is 0 Å². The second-order valence-electron chi connectivity index (χ2n) is 10.4. The van der Waals surface area contributed by atoms with Gasteiger partial charge in [-0.25, -0.2) is 9.67 Å². The van der Waals surface area contributed by atoms with Crippen LogP contribution in [0.25, 0.3) is 22.6 Å². The van der Waals surface area contributed by atoms with Crippen LogP contribution in [0, 0.1) is 19.3 Å². The van der Waals surface area contributed by atoms with E-state index >= 15 is 0 Å².